The van der Waals surface area contributed by atoms with Crippen molar-refractivity contribution in [3.05, 3.63) is 35.5 Å². The van der Waals surface area contributed by atoms with Crippen LogP contribution in [0.2, 0.25) is 0 Å². The number of aromatic nitrogens is 2. The number of hydrogen-bond acceptors (Lipinski definition) is 3. The molecule has 0 radical (unpaired) electrons. The van der Waals surface area contributed by atoms with Gasteiger partial charge in [0.15, 0.2) is 5.69 Å². The monoisotopic (exact) mass is 277 g/mol. The maximum Gasteiger partial charge on any atom is 0.277 e. The largest absolute Gasteiger partial charge is 0.396 e. The third kappa shape index (κ3) is 2.06. The molecular weight excluding hydrogens is 261 g/mol. The summed E-state index contributed by atoms with van der Waals surface area (Å²) >= 11 is 0. The van der Waals surface area contributed by atoms with Crippen LogP contribution in [0.1, 0.15) is 22.5 Å². The van der Waals surface area contributed by atoms with Crippen molar-refractivity contribution in [2.45, 2.75) is 13.3 Å². The number of aliphatic hydroxyl groups is 1. The Balaban J connectivity index is 1.94. The molecule has 20 heavy (non-hydrogen) atoms. The third-order valence-electron chi connectivity index (χ3n) is 3.74. The summed E-state index contributed by atoms with van der Waals surface area (Å²) in [5.74, 6) is -0.942. The highest BCUT2D eigenvalue weighted by Crippen LogP contribution is 2.20. The van der Waals surface area contributed by atoms with Gasteiger partial charge in [0.2, 0.25) is 5.95 Å². The average Bonchev–Trinajstić information content (AvgIpc) is 3.04. The molecule has 0 bridgehead atoms. The van der Waals surface area contributed by atoms with Crippen LogP contribution in [0.5, 0.6) is 0 Å². The second-order valence-electron chi connectivity index (χ2n) is 5.27. The van der Waals surface area contributed by atoms with Crippen molar-refractivity contribution in [2.75, 3.05) is 19.7 Å². The van der Waals surface area contributed by atoms with Crippen LogP contribution in [0.25, 0.3) is 5.65 Å². The lowest BCUT2D eigenvalue weighted by Gasteiger charge is -2.14. The summed E-state index contributed by atoms with van der Waals surface area (Å²) in [6, 6.07) is 3.52. The van der Waals surface area contributed by atoms with E-state index in [9.17, 15) is 9.18 Å². The van der Waals surface area contributed by atoms with Crippen LogP contribution in [0.3, 0.4) is 0 Å². The van der Waals surface area contributed by atoms with E-state index in [1.165, 1.54) is 4.40 Å². The summed E-state index contributed by atoms with van der Waals surface area (Å²) in [7, 11) is 0. The summed E-state index contributed by atoms with van der Waals surface area (Å²) in [4.78, 5) is 17.9. The smallest absolute Gasteiger partial charge is 0.277 e. The molecule has 1 fully saturated rings. The average molecular weight is 277 g/mol. The van der Waals surface area contributed by atoms with Gasteiger partial charge < -0.3 is 10.0 Å². The van der Waals surface area contributed by atoms with Crippen molar-refractivity contribution in [2.24, 2.45) is 5.92 Å². The van der Waals surface area contributed by atoms with Gasteiger partial charge in [-0.3, -0.25) is 9.20 Å². The van der Waals surface area contributed by atoms with Crippen molar-refractivity contribution in [3.63, 3.8) is 0 Å². The molecule has 0 spiro atoms. The van der Waals surface area contributed by atoms with Crippen molar-refractivity contribution < 1.29 is 14.3 Å². The standard InChI is InChI=1S/C14H16FN3O2/c1-9-2-3-11-16-12(13(15)18(11)6-9)14(20)17-5-4-10(7-17)8-19/h2-3,6,10,19H,4-5,7-8H2,1H3/t10-/m1/s1. The lowest BCUT2D eigenvalue weighted by molar-refractivity contribution is 0.0771. The Morgan fingerprint density at radius 1 is 1.55 bits per heavy atom. The molecule has 6 heteroatoms. The van der Waals surface area contributed by atoms with Crippen molar-refractivity contribution in [1.29, 1.82) is 0 Å². The van der Waals surface area contributed by atoms with Gasteiger partial charge in [0.05, 0.1) is 0 Å². The maximum absolute atomic E-state index is 14.3. The van der Waals surface area contributed by atoms with Gasteiger partial charge in [0.1, 0.15) is 5.65 Å². The molecule has 2 aromatic rings. The first kappa shape index (κ1) is 13.1. The Labute approximate surface area is 115 Å². The SMILES string of the molecule is Cc1ccc2nc(C(=O)N3CC[C@@H](CO)C3)c(F)n2c1. The highest BCUT2D eigenvalue weighted by atomic mass is 19.1. The number of likely N-dealkylation sites (tertiary alicyclic amines) is 1. The number of carbonyl (C=O) groups excluding carboxylic acids is 1. The number of rotatable bonds is 2. The Morgan fingerprint density at radius 3 is 3.05 bits per heavy atom. The first-order chi connectivity index (χ1) is 9.60. The normalized spacial score (nSPS) is 18.9. The van der Waals surface area contributed by atoms with Crippen LogP contribution in [0.4, 0.5) is 4.39 Å². The number of pyridine rings is 1. The molecule has 2 aromatic heterocycles. The molecule has 3 rings (SSSR count). The third-order valence-corrected chi connectivity index (χ3v) is 3.74. The van der Waals surface area contributed by atoms with Gasteiger partial charge in [-0.25, -0.2) is 4.98 Å². The molecule has 1 aliphatic heterocycles. The van der Waals surface area contributed by atoms with E-state index in [1.54, 1.807) is 17.2 Å². The van der Waals surface area contributed by atoms with Crippen LogP contribution in [0.15, 0.2) is 18.3 Å². The number of amides is 1. The Morgan fingerprint density at radius 2 is 2.35 bits per heavy atom. The molecule has 0 aliphatic carbocycles. The zero-order valence-electron chi connectivity index (χ0n) is 11.2. The lowest BCUT2D eigenvalue weighted by atomic mass is 10.1. The van der Waals surface area contributed by atoms with Gasteiger partial charge in [-0.2, -0.15) is 4.39 Å². The fourth-order valence-electron chi connectivity index (χ4n) is 2.57. The molecule has 106 valence electrons. The molecule has 0 aromatic carbocycles. The minimum absolute atomic E-state index is 0.0522. The van der Waals surface area contributed by atoms with Crippen molar-refractivity contribution in [3.8, 4) is 0 Å². The van der Waals surface area contributed by atoms with Crippen LogP contribution in [-0.2, 0) is 0 Å². The number of aliphatic hydroxyl groups excluding tert-OH is 1. The number of imidazole rings is 1. The molecule has 1 aliphatic rings. The van der Waals surface area contributed by atoms with E-state index in [4.69, 9.17) is 5.11 Å². The van der Waals surface area contributed by atoms with E-state index >= 15 is 0 Å². The van der Waals surface area contributed by atoms with E-state index in [0.29, 0.717) is 18.7 Å². The summed E-state index contributed by atoms with van der Waals surface area (Å²) in [5, 5.41) is 9.10. The quantitative estimate of drug-likeness (QED) is 0.898. The number of hydrogen-bond donors (Lipinski definition) is 1. The minimum atomic E-state index is -0.624. The van der Waals surface area contributed by atoms with E-state index in [-0.39, 0.29) is 18.2 Å². The Bertz CT molecular complexity index is 668. The van der Waals surface area contributed by atoms with Gasteiger partial charge >= 0.3 is 0 Å². The molecule has 3 heterocycles. The second kappa shape index (κ2) is 4.86. The summed E-state index contributed by atoms with van der Waals surface area (Å²) in [6.45, 7) is 2.90. The molecule has 5 nitrogen and oxygen atoms in total. The highest BCUT2D eigenvalue weighted by molar-refractivity contribution is 5.93. The fourth-order valence-corrected chi connectivity index (χ4v) is 2.57. The molecule has 1 atom stereocenters. The van der Waals surface area contributed by atoms with Gasteiger partial charge in [-0.05, 0) is 25.0 Å². The second-order valence-corrected chi connectivity index (χ2v) is 5.27. The van der Waals surface area contributed by atoms with Crippen LogP contribution in [0, 0.1) is 18.8 Å². The summed E-state index contributed by atoms with van der Waals surface area (Å²) < 4.78 is 15.6. The first-order valence-electron chi connectivity index (χ1n) is 6.64. The predicted octanol–water partition coefficient (Wildman–Crippen LogP) is 1.24. The topological polar surface area (TPSA) is 57.8 Å². The number of nitrogens with zero attached hydrogens (tertiary/aromatic N) is 3. The Kier molecular flexibility index (Phi) is 3.17. The maximum atomic E-state index is 14.3. The molecule has 1 N–H and O–H groups in total. The highest BCUT2D eigenvalue weighted by Gasteiger charge is 2.30. The number of halogens is 1. The van der Waals surface area contributed by atoms with Crippen molar-refractivity contribution >= 4 is 11.6 Å². The van der Waals surface area contributed by atoms with Gasteiger partial charge in [-0.1, -0.05) is 6.07 Å². The van der Waals surface area contributed by atoms with Crippen LogP contribution >= 0.6 is 0 Å². The fraction of sp³-hybridized carbons (Fsp3) is 0.429. The van der Waals surface area contributed by atoms with E-state index in [0.717, 1.165) is 12.0 Å². The lowest BCUT2D eigenvalue weighted by Crippen LogP contribution is -2.30. The predicted molar refractivity (Wildman–Crippen MR) is 71.0 cm³/mol. The van der Waals surface area contributed by atoms with Crippen LogP contribution in [-0.4, -0.2) is 45.0 Å². The van der Waals surface area contributed by atoms with E-state index in [1.807, 2.05) is 13.0 Å². The van der Waals surface area contributed by atoms with Crippen molar-refractivity contribution in [1.82, 2.24) is 14.3 Å². The van der Waals surface area contributed by atoms with E-state index < -0.39 is 11.9 Å². The van der Waals surface area contributed by atoms with E-state index in [2.05, 4.69) is 4.98 Å². The van der Waals surface area contributed by atoms with Gasteiger partial charge in [0, 0.05) is 31.8 Å². The van der Waals surface area contributed by atoms with Gasteiger partial charge in [-0.15, -0.1) is 0 Å². The zero-order valence-corrected chi connectivity index (χ0v) is 11.2. The van der Waals surface area contributed by atoms with Crippen LogP contribution < -0.4 is 0 Å². The minimum Gasteiger partial charge on any atom is -0.396 e. The molecule has 0 saturated carbocycles. The number of fused-ring (bicyclic) bond motifs is 1. The number of aryl methyl sites for hydroxylation is 1. The Hall–Kier alpha value is -1.95. The summed E-state index contributed by atoms with van der Waals surface area (Å²) in [6.07, 6.45) is 2.37. The molecular formula is C14H16FN3O2. The zero-order chi connectivity index (χ0) is 14.3. The molecule has 1 amide bonds. The molecule has 1 saturated heterocycles. The number of carbonyl (C=O) groups is 1. The summed E-state index contributed by atoms with van der Waals surface area (Å²) in [5.41, 5.74) is 1.18. The molecule has 0 unspecified atom stereocenters. The van der Waals surface area contributed by atoms with Gasteiger partial charge in [0.25, 0.3) is 5.91 Å². The first-order valence-corrected chi connectivity index (χ1v) is 6.64.